The zero-order valence-corrected chi connectivity index (χ0v) is 10.3. The molecule has 0 aromatic heterocycles. The third-order valence-corrected chi connectivity index (χ3v) is 2.59. The number of rotatable bonds is 2. The second kappa shape index (κ2) is 6.00. The number of benzene rings is 1. The second-order valence-electron chi connectivity index (χ2n) is 2.55. The fourth-order valence-electron chi connectivity index (χ4n) is 0.795. The van der Waals surface area contributed by atoms with E-state index < -0.39 is 0 Å². The highest BCUT2D eigenvalue weighted by atomic mass is 35.5. The van der Waals surface area contributed by atoms with Crippen molar-refractivity contribution >= 4 is 46.3 Å². The first-order chi connectivity index (χ1) is 7.13. The minimum Gasteiger partial charge on any atom is -0.377 e. The normalized spacial score (nSPS) is 12.3. The van der Waals surface area contributed by atoms with Gasteiger partial charge in [0, 0.05) is 10.6 Å². The molecular formula is C9H9Cl2N3S. The van der Waals surface area contributed by atoms with E-state index in [0.29, 0.717) is 15.2 Å². The van der Waals surface area contributed by atoms with E-state index in [9.17, 15) is 0 Å². The molecule has 1 aromatic rings. The molecule has 0 heterocycles. The molecule has 0 bridgehead atoms. The standard InChI is InChI=1S/C9H9Cl2N3S/c1-15-9(12)14-13-5-6-2-3-7(10)4-8(6)11/h2-5H,1H3,(H2,12,14)/b13-5-. The summed E-state index contributed by atoms with van der Waals surface area (Å²) in [7, 11) is 0. The maximum Gasteiger partial charge on any atom is 0.180 e. The molecule has 0 saturated heterocycles. The van der Waals surface area contributed by atoms with Crippen LogP contribution in [-0.2, 0) is 0 Å². The van der Waals surface area contributed by atoms with Gasteiger partial charge in [-0.1, -0.05) is 41.0 Å². The van der Waals surface area contributed by atoms with E-state index in [1.165, 1.54) is 18.0 Å². The Morgan fingerprint density at radius 3 is 2.80 bits per heavy atom. The Morgan fingerprint density at radius 2 is 2.20 bits per heavy atom. The molecule has 0 amide bonds. The molecule has 3 nitrogen and oxygen atoms in total. The van der Waals surface area contributed by atoms with Crippen molar-refractivity contribution in [3.63, 3.8) is 0 Å². The lowest BCUT2D eigenvalue weighted by atomic mass is 10.2. The van der Waals surface area contributed by atoms with Crippen LogP contribution in [-0.4, -0.2) is 17.6 Å². The molecule has 80 valence electrons. The quantitative estimate of drug-likeness (QED) is 0.506. The molecule has 1 aromatic carbocycles. The number of hydrogen-bond acceptors (Lipinski definition) is 3. The van der Waals surface area contributed by atoms with Crippen molar-refractivity contribution in [1.29, 1.82) is 0 Å². The van der Waals surface area contributed by atoms with Gasteiger partial charge in [0.1, 0.15) is 0 Å². The van der Waals surface area contributed by atoms with Crippen LogP contribution < -0.4 is 5.73 Å². The summed E-state index contributed by atoms with van der Waals surface area (Å²) in [5.41, 5.74) is 6.19. The highest BCUT2D eigenvalue weighted by Gasteiger charge is 1.97. The smallest absolute Gasteiger partial charge is 0.180 e. The summed E-state index contributed by atoms with van der Waals surface area (Å²) in [6.07, 6.45) is 3.35. The average Bonchev–Trinajstić information content (AvgIpc) is 2.21. The third kappa shape index (κ3) is 4.11. The Balaban J connectivity index is 2.81. The van der Waals surface area contributed by atoms with E-state index in [0.717, 1.165) is 5.56 Å². The molecule has 0 aliphatic heterocycles. The van der Waals surface area contributed by atoms with E-state index in [2.05, 4.69) is 10.2 Å². The highest BCUT2D eigenvalue weighted by molar-refractivity contribution is 8.13. The van der Waals surface area contributed by atoms with Crippen LogP contribution >= 0.6 is 35.0 Å². The molecule has 2 N–H and O–H groups in total. The summed E-state index contributed by atoms with van der Waals surface area (Å²) < 4.78 is 0. The van der Waals surface area contributed by atoms with E-state index in [4.69, 9.17) is 28.9 Å². The molecule has 6 heteroatoms. The van der Waals surface area contributed by atoms with E-state index in [-0.39, 0.29) is 0 Å². The van der Waals surface area contributed by atoms with E-state index >= 15 is 0 Å². The fraction of sp³-hybridized carbons (Fsp3) is 0.111. The first-order valence-corrected chi connectivity index (χ1v) is 5.97. The monoisotopic (exact) mass is 261 g/mol. The minimum atomic E-state index is 0.399. The number of halogens is 2. The molecule has 15 heavy (non-hydrogen) atoms. The summed E-state index contributed by atoms with van der Waals surface area (Å²) >= 11 is 13.0. The molecule has 1 rings (SSSR count). The van der Waals surface area contributed by atoms with Crippen molar-refractivity contribution < 1.29 is 0 Å². The molecule has 0 spiro atoms. The molecule has 0 unspecified atom stereocenters. The lowest BCUT2D eigenvalue weighted by Crippen LogP contribution is -2.03. The van der Waals surface area contributed by atoms with Crippen LogP contribution in [0.25, 0.3) is 0 Å². The lowest BCUT2D eigenvalue weighted by molar-refractivity contribution is 1.25. The minimum absolute atomic E-state index is 0.399. The van der Waals surface area contributed by atoms with Crippen molar-refractivity contribution in [3.05, 3.63) is 33.8 Å². The SMILES string of the molecule is CS/C(N)=N/N=C\c1ccc(Cl)cc1Cl. The van der Waals surface area contributed by atoms with Gasteiger partial charge in [-0.25, -0.2) is 0 Å². The largest absolute Gasteiger partial charge is 0.377 e. The van der Waals surface area contributed by atoms with Crippen molar-refractivity contribution in [2.75, 3.05) is 6.26 Å². The van der Waals surface area contributed by atoms with Gasteiger partial charge in [0.2, 0.25) is 0 Å². The fourth-order valence-corrected chi connectivity index (χ4v) is 1.38. The van der Waals surface area contributed by atoms with Gasteiger partial charge in [0.15, 0.2) is 5.17 Å². The zero-order chi connectivity index (χ0) is 11.3. The lowest BCUT2D eigenvalue weighted by Gasteiger charge is -1.96. The van der Waals surface area contributed by atoms with Crippen molar-refractivity contribution in [2.45, 2.75) is 0 Å². The first kappa shape index (κ1) is 12.4. The van der Waals surface area contributed by atoms with Gasteiger partial charge in [-0.15, -0.1) is 5.10 Å². The van der Waals surface area contributed by atoms with Crippen LogP contribution in [0.2, 0.25) is 10.0 Å². The summed E-state index contributed by atoms with van der Waals surface area (Å²) in [6, 6.07) is 5.14. The Bertz CT molecular complexity index is 404. The van der Waals surface area contributed by atoms with Crippen LogP contribution in [0.3, 0.4) is 0 Å². The van der Waals surface area contributed by atoms with Gasteiger partial charge in [-0.05, 0) is 18.4 Å². The van der Waals surface area contributed by atoms with Gasteiger partial charge in [0.25, 0.3) is 0 Å². The number of nitrogens with two attached hydrogens (primary N) is 1. The third-order valence-electron chi connectivity index (χ3n) is 1.52. The Morgan fingerprint density at radius 1 is 1.47 bits per heavy atom. The second-order valence-corrected chi connectivity index (χ2v) is 4.22. The summed E-state index contributed by atoms with van der Waals surface area (Å²) in [5, 5.41) is 9.05. The maximum atomic E-state index is 5.92. The predicted molar refractivity (Wildman–Crippen MR) is 69.2 cm³/mol. The van der Waals surface area contributed by atoms with Gasteiger partial charge >= 0.3 is 0 Å². The van der Waals surface area contributed by atoms with Gasteiger partial charge < -0.3 is 5.73 Å². The van der Waals surface area contributed by atoms with Crippen LogP contribution in [0, 0.1) is 0 Å². The summed E-state index contributed by atoms with van der Waals surface area (Å²) in [6.45, 7) is 0. The molecule has 0 radical (unpaired) electrons. The van der Waals surface area contributed by atoms with Crippen molar-refractivity contribution in [3.8, 4) is 0 Å². The van der Waals surface area contributed by atoms with Gasteiger partial charge in [-0.2, -0.15) is 5.10 Å². The Kier molecular flexibility index (Phi) is 4.94. The molecular weight excluding hydrogens is 253 g/mol. The van der Waals surface area contributed by atoms with Crippen LogP contribution in [0.1, 0.15) is 5.56 Å². The number of nitrogens with zero attached hydrogens (tertiary/aromatic N) is 2. The number of amidine groups is 1. The Labute approximate surface area is 102 Å². The van der Waals surface area contributed by atoms with Crippen LogP contribution in [0.5, 0.6) is 0 Å². The molecule has 0 fully saturated rings. The molecule has 0 atom stereocenters. The summed E-state index contributed by atoms with van der Waals surface area (Å²) in [5.74, 6) is 0. The topological polar surface area (TPSA) is 50.7 Å². The molecule has 0 aliphatic carbocycles. The first-order valence-electron chi connectivity index (χ1n) is 3.99. The van der Waals surface area contributed by atoms with E-state index in [1.807, 2.05) is 6.26 Å². The van der Waals surface area contributed by atoms with Crippen LogP contribution in [0.15, 0.2) is 28.4 Å². The highest BCUT2D eigenvalue weighted by Crippen LogP contribution is 2.19. The van der Waals surface area contributed by atoms with Gasteiger partial charge in [-0.3, -0.25) is 0 Å². The van der Waals surface area contributed by atoms with Crippen molar-refractivity contribution in [2.24, 2.45) is 15.9 Å². The Hall–Kier alpha value is -0.710. The summed E-state index contributed by atoms with van der Waals surface area (Å²) in [4.78, 5) is 0. The predicted octanol–water partition coefficient (Wildman–Crippen LogP) is 3.01. The van der Waals surface area contributed by atoms with Crippen molar-refractivity contribution in [1.82, 2.24) is 0 Å². The zero-order valence-electron chi connectivity index (χ0n) is 7.95. The van der Waals surface area contributed by atoms with E-state index in [1.54, 1.807) is 18.2 Å². The number of thioether (sulfide) groups is 1. The van der Waals surface area contributed by atoms with Crippen LogP contribution in [0.4, 0.5) is 0 Å². The average molecular weight is 262 g/mol. The molecule has 0 aliphatic rings. The maximum absolute atomic E-state index is 5.92. The molecule has 0 saturated carbocycles. The van der Waals surface area contributed by atoms with Gasteiger partial charge in [0.05, 0.1) is 11.2 Å². The number of hydrogen-bond donors (Lipinski definition) is 1.